The van der Waals surface area contributed by atoms with E-state index in [1.165, 1.54) is 24.4 Å². The maximum atomic E-state index is 12.9. The molecular formula is C26H25N3O3S. The maximum absolute atomic E-state index is 12.9. The van der Waals surface area contributed by atoms with Gasteiger partial charge in [-0.05, 0) is 86.1 Å². The van der Waals surface area contributed by atoms with Gasteiger partial charge in [0.2, 0.25) is 0 Å². The molecule has 1 aromatic heterocycles. The molecule has 1 aliphatic heterocycles. The van der Waals surface area contributed by atoms with Gasteiger partial charge in [-0.2, -0.15) is 0 Å². The van der Waals surface area contributed by atoms with Crippen LogP contribution in [0.2, 0.25) is 0 Å². The van der Waals surface area contributed by atoms with Crippen molar-refractivity contribution in [2.75, 3.05) is 14.2 Å². The summed E-state index contributed by atoms with van der Waals surface area (Å²) in [5.74, 6) is -0.490. The number of aliphatic imine (C=N–C) groups is 1. The largest absolute Gasteiger partial charge is 0.465 e. The molecule has 1 aliphatic rings. The van der Waals surface area contributed by atoms with E-state index in [2.05, 4.69) is 48.5 Å². The average Bonchev–Trinajstić information content (AvgIpc) is 3.23. The van der Waals surface area contributed by atoms with Crippen molar-refractivity contribution in [2.24, 2.45) is 4.99 Å². The van der Waals surface area contributed by atoms with Crippen molar-refractivity contribution in [1.82, 2.24) is 9.47 Å². The molecule has 0 saturated carbocycles. The predicted molar refractivity (Wildman–Crippen MR) is 133 cm³/mol. The van der Waals surface area contributed by atoms with E-state index in [4.69, 9.17) is 4.74 Å². The first-order chi connectivity index (χ1) is 15.8. The van der Waals surface area contributed by atoms with E-state index >= 15 is 0 Å². The lowest BCUT2D eigenvalue weighted by atomic mass is 10.2. The van der Waals surface area contributed by atoms with E-state index < -0.39 is 5.97 Å². The number of hydrogen-bond donors (Lipinski definition) is 0. The molecular weight excluding hydrogens is 434 g/mol. The molecule has 0 atom stereocenters. The standard InChI is InChI=1S/C26H25N3O3S/c1-16-8-6-7-9-22(16)29-17(2)14-20(18(29)3)15-23-24(30)28(4)26(33-23)27-21-12-10-19(11-13-21)25(31)32-5/h6-15H,1-5H3. The minimum absolute atomic E-state index is 0.0920. The SMILES string of the molecule is COC(=O)c1ccc(N=C2SC(=Cc3cc(C)n(-c4ccccc4C)c3C)C(=O)N2C)cc1. The van der Waals surface area contributed by atoms with Crippen LogP contribution >= 0.6 is 11.8 Å². The highest BCUT2D eigenvalue weighted by atomic mass is 32.2. The van der Waals surface area contributed by atoms with Crippen LogP contribution in [0.25, 0.3) is 11.8 Å². The number of esters is 1. The van der Waals surface area contributed by atoms with Crippen molar-refractivity contribution >= 4 is 40.6 Å². The molecule has 2 heterocycles. The van der Waals surface area contributed by atoms with Gasteiger partial charge in [0.1, 0.15) is 0 Å². The quantitative estimate of drug-likeness (QED) is 0.386. The zero-order valence-corrected chi connectivity index (χ0v) is 20.1. The third-order valence-corrected chi connectivity index (χ3v) is 6.69. The summed E-state index contributed by atoms with van der Waals surface area (Å²) in [6.07, 6.45) is 1.93. The van der Waals surface area contributed by atoms with Gasteiger partial charge in [-0.15, -0.1) is 0 Å². The van der Waals surface area contributed by atoms with Gasteiger partial charge in [-0.1, -0.05) is 18.2 Å². The average molecular weight is 460 g/mol. The lowest BCUT2D eigenvalue weighted by Gasteiger charge is -2.12. The first-order valence-corrected chi connectivity index (χ1v) is 11.3. The Kier molecular flexibility index (Phi) is 6.24. The van der Waals surface area contributed by atoms with E-state index in [0.717, 1.165) is 22.6 Å². The summed E-state index contributed by atoms with van der Waals surface area (Å²) < 4.78 is 6.94. The Labute approximate surface area is 197 Å². The number of amidine groups is 1. The Morgan fingerprint density at radius 1 is 1.06 bits per heavy atom. The zero-order chi connectivity index (χ0) is 23.7. The van der Waals surface area contributed by atoms with Gasteiger partial charge in [0, 0.05) is 24.1 Å². The Balaban J connectivity index is 1.64. The minimum Gasteiger partial charge on any atom is -0.465 e. The highest BCUT2D eigenvalue weighted by Crippen LogP contribution is 2.34. The molecule has 3 aromatic rings. The summed E-state index contributed by atoms with van der Waals surface area (Å²) in [4.78, 5) is 31.3. The van der Waals surface area contributed by atoms with Gasteiger partial charge in [0.15, 0.2) is 5.17 Å². The molecule has 0 N–H and O–H groups in total. The van der Waals surface area contributed by atoms with Crippen LogP contribution in [0.3, 0.4) is 0 Å². The number of methoxy groups -OCH3 is 1. The van der Waals surface area contributed by atoms with E-state index in [-0.39, 0.29) is 5.91 Å². The Hall–Kier alpha value is -3.58. The van der Waals surface area contributed by atoms with Crippen molar-refractivity contribution in [1.29, 1.82) is 0 Å². The number of benzene rings is 2. The van der Waals surface area contributed by atoms with Crippen LogP contribution in [0.5, 0.6) is 0 Å². The molecule has 1 saturated heterocycles. The molecule has 1 fully saturated rings. The van der Waals surface area contributed by atoms with Gasteiger partial charge in [0.05, 0.1) is 23.3 Å². The predicted octanol–water partition coefficient (Wildman–Crippen LogP) is 5.42. The summed E-state index contributed by atoms with van der Waals surface area (Å²) in [6.45, 7) is 6.23. The minimum atomic E-state index is -0.398. The van der Waals surface area contributed by atoms with E-state index in [1.54, 1.807) is 36.2 Å². The summed E-state index contributed by atoms with van der Waals surface area (Å²) in [5, 5.41) is 0.588. The number of carbonyl (C=O) groups excluding carboxylic acids is 2. The van der Waals surface area contributed by atoms with Crippen molar-refractivity contribution in [3.05, 3.63) is 87.6 Å². The number of ether oxygens (including phenoxy) is 1. The van der Waals surface area contributed by atoms with Crippen molar-refractivity contribution in [3.8, 4) is 5.69 Å². The van der Waals surface area contributed by atoms with Gasteiger partial charge < -0.3 is 9.30 Å². The summed E-state index contributed by atoms with van der Waals surface area (Å²) in [6, 6.07) is 17.1. The number of para-hydroxylation sites is 1. The number of rotatable bonds is 4. The third-order valence-electron chi connectivity index (χ3n) is 5.63. The molecule has 168 valence electrons. The Morgan fingerprint density at radius 3 is 2.42 bits per heavy atom. The maximum Gasteiger partial charge on any atom is 0.337 e. The number of aromatic nitrogens is 1. The molecule has 4 rings (SSSR count). The highest BCUT2D eigenvalue weighted by Gasteiger charge is 2.30. The number of likely N-dealkylation sites (N-methyl/N-ethyl adjacent to an activating group) is 1. The molecule has 2 aromatic carbocycles. The second-order valence-corrected chi connectivity index (χ2v) is 8.87. The van der Waals surface area contributed by atoms with Gasteiger partial charge >= 0.3 is 5.97 Å². The van der Waals surface area contributed by atoms with E-state index in [9.17, 15) is 9.59 Å². The van der Waals surface area contributed by atoms with Crippen molar-refractivity contribution in [2.45, 2.75) is 20.8 Å². The molecule has 0 radical (unpaired) electrons. The van der Waals surface area contributed by atoms with Crippen LogP contribution in [-0.2, 0) is 9.53 Å². The van der Waals surface area contributed by atoms with Crippen molar-refractivity contribution < 1.29 is 14.3 Å². The summed E-state index contributed by atoms with van der Waals surface area (Å²) in [7, 11) is 3.06. The lowest BCUT2D eigenvalue weighted by Crippen LogP contribution is -2.23. The second-order valence-electron chi connectivity index (χ2n) is 7.86. The lowest BCUT2D eigenvalue weighted by molar-refractivity contribution is -0.121. The molecule has 1 amide bonds. The Morgan fingerprint density at radius 2 is 1.76 bits per heavy atom. The number of nitrogens with zero attached hydrogens (tertiary/aromatic N) is 3. The molecule has 7 heteroatoms. The zero-order valence-electron chi connectivity index (χ0n) is 19.2. The van der Waals surface area contributed by atoms with Gasteiger partial charge in [-0.25, -0.2) is 9.79 Å². The van der Waals surface area contributed by atoms with Crippen LogP contribution in [0.15, 0.2) is 64.5 Å². The van der Waals surface area contributed by atoms with Crippen LogP contribution in [0.4, 0.5) is 5.69 Å². The first kappa shape index (κ1) is 22.6. The van der Waals surface area contributed by atoms with Crippen LogP contribution in [-0.4, -0.2) is 40.7 Å². The second kappa shape index (κ2) is 9.11. The van der Waals surface area contributed by atoms with Gasteiger partial charge in [0.25, 0.3) is 5.91 Å². The number of amides is 1. The smallest absolute Gasteiger partial charge is 0.337 e. The fourth-order valence-corrected chi connectivity index (χ4v) is 4.79. The molecule has 6 nitrogen and oxygen atoms in total. The number of aryl methyl sites for hydroxylation is 2. The monoisotopic (exact) mass is 459 g/mol. The number of carbonyl (C=O) groups is 2. The topological polar surface area (TPSA) is 63.9 Å². The summed E-state index contributed by atoms with van der Waals surface area (Å²) in [5.41, 5.74) is 6.63. The van der Waals surface area contributed by atoms with Crippen LogP contribution < -0.4 is 0 Å². The molecule has 33 heavy (non-hydrogen) atoms. The number of thioether (sulfide) groups is 1. The molecule has 0 spiro atoms. The normalized spacial score (nSPS) is 16.2. The van der Waals surface area contributed by atoms with Gasteiger partial charge in [-0.3, -0.25) is 9.69 Å². The highest BCUT2D eigenvalue weighted by molar-refractivity contribution is 8.18. The molecule has 0 unspecified atom stereocenters. The van der Waals surface area contributed by atoms with Crippen LogP contribution in [0, 0.1) is 20.8 Å². The third kappa shape index (κ3) is 4.36. The molecule has 0 bridgehead atoms. The van der Waals surface area contributed by atoms with E-state index in [1.807, 2.05) is 18.2 Å². The first-order valence-electron chi connectivity index (χ1n) is 10.5. The Bertz CT molecular complexity index is 1300. The van der Waals surface area contributed by atoms with Crippen LogP contribution in [0.1, 0.15) is 32.9 Å². The number of hydrogen-bond acceptors (Lipinski definition) is 5. The van der Waals surface area contributed by atoms with Crippen molar-refractivity contribution in [3.63, 3.8) is 0 Å². The fraction of sp³-hybridized carbons (Fsp3) is 0.192. The fourth-order valence-electron chi connectivity index (χ4n) is 3.81. The van der Waals surface area contributed by atoms with E-state index in [0.29, 0.717) is 21.3 Å². The summed E-state index contributed by atoms with van der Waals surface area (Å²) >= 11 is 1.34. The molecule has 0 aliphatic carbocycles.